The van der Waals surface area contributed by atoms with E-state index in [0.717, 1.165) is 42.2 Å². The first-order chi connectivity index (χ1) is 16.1. The quantitative estimate of drug-likeness (QED) is 0.658. The Hall–Kier alpha value is -1.79. The van der Waals surface area contributed by atoms with Gasteiger partial charge in [-0.1, -0.05) is 6.07 Å². The summed E-state index contributed by atoms with van der Waals surface area (Å²) in [6.07, 6.45) is 10.1. The number of ether oxygens (including phenoxy) is 2. The maximum Gasteiger partial charge on any atom is 0.220 e. The molecule has 6 nitrogen and oxygen atoms in total. The van der Waals surface area contributed by atoms with Gasteiger partial charge in [-0.25, -0.2) is 0 Å². The first kappa shape index (κ1) is 21.7. The van der Waals surface area contributed by atoms with Gasteiger partial charge in [0, 0.05) is 13.0 Å². The Bertz CT molecular complexity index is 846. The minimum atomic E-state index is -0.776. The average molecular weight is 455 g/mol. The Labute approximate surface area is 197 Å². The fourth-order valence-electron chi connectivity index (χ4n) is 8.05. The molecule has 7 rings (SSSR count). The summed E-state index contributed by atoms with van der Waals surface area (Å²) in [6, 6.07) is 5.32. The fraction of sp³-hybridized carbons (Fsp3) is 0.741. The number of aliphatic hydroxyl groups excluding tert-OH is 1. The van der Waals surface area contributed by atoms with Gasteiger partial charge < -0.3 is 24.8 Å². The van der Waals surface area contributed by atoms with Crippen LogP contribution in [0.2, 0.25) is 0 Å². The highest BCUT2D eigenvalue weighted by atomic mass is 16.6. The van der Waals surface area contributed by atoms with E-state index < -0.39 is 6.10 Å². The molecule has 1 saturated heterocycles. The molecular formula is C27H38N2O4. The molecule has 4 saturated carbocycles. The lowest BCUT2D eigenvalue weighted by molar-refractivity contribution is -0.131. The molecule has 1 aromatic rings. The van der Waals surface area contributed by atoms with Crippen molar-refractivity contribution in [2.45, 2.75) is 69.9 Å². The summed E-state index contributed by atoms with van der Waals surface area (Å²) >= 11 is 0. The number of fused-ring (bicyclic) bond motifs is 1. The number of carbonyl (C=O) groups is 1. The van der Waals surface area contributed by atoms with Crippen LogP contribution in [0.15, 0.2) is 18.2 Å². The summed E-state index contributed by atoms with van der Waals surface area (Å²) < 4.78 is 11.4. The van der Waals surface area contributed by atoms with E-state index in [1.54, 1.807) is 0 Å². The number of hydrogen-bond donors (Lipinski definition) is 2. The maximum atomic E-state index is 13.4. The minimum Gasteiger partial charge on any atom is -0.486 e. The van der Waals surface area contributed by atoms with Crippen LogP contribution in [0.25, 0.3) is 0 Å². The summed E-state index contributed by atoms with van der Waals surface area (Å²) in [7, 11) is 0. The standard InChI is InChI=1S/C27H38N2O4/c30-25(16-27-13-18-9-19(14-27)11-20(10-18)15-27)28-22(17-29-5-1-2-6-29)26(31)21-3-4-23-24(12-21)33-8-7-32-23/h3-4,12,18-20,22,26,31H,1-2,5-11,13-17H2,(H,28,30)/t18?,19?,20?,22-,26?,27?/m0/s1. The predicted octanol–water partition coefficient (Wildman–Crippen LogP) is 3.68. The molecule has 0 spiro atoms. The monoisotopic (exact) mass is 454 g/mol. The molecule has 5 fully saturated rings. The summed E-state index contributed by atoms with van der Waals surface area (Å²) in [4.78, 5) is 15.8. The normalized spacial score (nSPS) is 34.3. The highest BCUT2D eigenvalue weighted by molar-refractivity contribution is 5.77. The van der Waals surface area contributed by atoms with E-state index in [4.69, 9.17) is 9.47 Å². The molecule has 1 unspecified atom stereocenters. The first-order valence-corrected chi connectivity index (χ1v) is 13.1. The van der Waals surface area contributed by atoms with Crippen LogP contribution in [0.1, 0.15) is 69.5 Å². The van der Waals surface area contributed by atoms with E-state index in [2.05, 4.69) is 10.2 Å². The number of hydrogen-bond acceptors (Lipinski definition) is 5. The third kappa shape index (κ3) is 4.49. The second-order valence-corrected chi connectivity index (χ2v) is 11.6. The number of likely N-dealkylation sites (tertiary alicyclic amines) is 1. The predicted molar refractivity (Wildman–Crippen MR) is 125 cm³/mol. The Balaban J connectivity index is 1.17. The maximum absolute atomic E-state index is 13.4. The van der Waals surface area contributed by atoms with Crippen molar-refractivity contribution < 1.29 is 19.4 Å². The zero-order valence-electron chi connectivity index (χ0n) is 19.6. The van der Waals surface area contributed by atoms with Crippen molar-refractivity contribution in [3.63, 3.8) is 0 Å². The molecule has 4 aliphatic carbocycles. The van der Waals surface area contributed by atoms with Crippen molar-refractivity contribution in [2.75, 3.05) is 32.8 Å². The molecule has 33 heavy (non-hydrogen) atoms. The van der Waals surface area contributed by atoms with Crippen LogP contribution >= 0.6 is 0 Å². The zero-order chi connectivity index (χ0) is 22.4. The lowest BCUT2D eigenvalue weighted by Crippen LogP contribution is -2.51. The lowest BCUT2D eigenvalue weighted by Gasteiger charge is -2.56. The molecule has 2 atom stereocenters. The summed E-state index contributed by atoms with van der Waals surface area (Å²) in [5.41, 5.74) is 0.984. The van der Waals surface area contributed by atoms with Crippen LogP contribution < -0.4 is 14.8 Å². The molecule has 4 bridgehead atoms. The highest BCUT2D eigenvalue weighted by Gasteiger charge is 2.51. The third-order valence-corrected chi connectivity index (χ3v) is 8.99. The van der Waals surface area contributed by atoms with Crippen molar-refractivity contribution in [1.29, 1.82) is 0 Å². The third-order valence-electron chi connectivity index (χ3n) is 8.99. The van der Waals surface area contributed by atoms with Gasteiger partial charge in [-0.05, 0) is 105 Å². The van der Waals surface area contributed by atoms with Crippen molar-refractivity contribution in [3.05, 3.63) is 23.8 Å². The van der Waals surface area contributed by atoms with E-state index in [1.807, 2.05) is 18.2 Å². The number of aliphatic hydroxyl groups is 1. The summed E-state index contributed by atoms with van der Waals surface area (Å²) in [5, 5.41) is 14.7. The molecule has 2 aliphatic heterocycles. The second kappa shape index (κ2) is 8.77. The Kier molecular flexibility index (Phi) is 5.77. The van der Waals surface area contributed by atoms with Crippen molar-refractivity contribution in [2.24, 2.45) is 23.2 Å². The van der Waals surface area contributed by atoms with E-state index in [0.29, 0.717) is 31.9 Å². The Morgan fingerprint density at radius 3 is 2.33 bits per heavy atom. The van der Waals surface area contributed by atoms with Crippen LogP contribution in [0.3, 0.4) is 0 Å². The molecule has 180 valence electrons. The summed E-state index contributed by atoms with van der Waals surface area (Å²) in [6.45, 7) is 3.82. The van der Waals surface area contributed by atoms with Gasteiger partial charge in [0.25, 0.3) is 0 Å². The van der Waals surface area contributed by atoms with Gasteiger partial charge in [0.05, 0.1) is 6.04 Å². The number of nitrogens with one attached hydrogen (secondary N) is 1. The van der Waals surface area contributed by atoms with Gasteiger partial charge in [-0.2, -0.15) is 0 Å². The molecular weight excluding hydrogens is 416 g/mol. The van der Waals surface area contributed by atoms with Gasteiger partial charge in [-0.15, -0.1) is 0 Å². The molecule has 1 amide bonds. The highest BCUT2D eigenvalue weighted by Crippen LogP contribution is 2.61. The van der Waals surface area contributed by atoms with Crippen LogP contribution in [0, 0.1) is 23.2 Å². The van der Waals surface area contributed by atoms with Crippen molar-refractivity contribution in [3.8, 4) is 11.5 Å². The largest absolute Gasteiger partial charge is 0.486 e. The van der Waals surface area contributed by atoms with Gasteiger partial charge in [0.2, 0.25) is 5.91 Å². The van der Waals surface area contributed by atoms with Crippen molar-refractivity contribution in [1.82, 2.24) is 10.2 Å². The van der Waals surface area contributed by atoms with Crippen LogP contribution in [0.5, 0.6) is 11.5 Å². The van der Waals surface area contributed by atoms with Crippen molar-refractivity contribution >= 4 is 5.91 Å². The number of rotatable bonds is 7. The Morgan fingerprint density at radius 1 is 1.03 bits per heavy atom. The molecule has 6 heteroatoms. The van der Waals surface area contributed by atoms with Crippen LogP contribution in [-0.4, -0.2) is 54.8 Å². The molecule has 1 aromatic carbocycles. The SMILES string of the molecule is O=C(CC12CC3CC(CC(C3)C1)C2)N[C@@H](CN1CCCC1)C(O)c1ccc2c(c1)OCCO2. The van der Waals surface area contributed by atoms with E-state index in [9.17, 15) is 9.90 Å². The number of nitrogens with zero attached hydrogens (tertiary/aromatic N) is 1. The van der Waals surface area contributed by atoms with Gasteiger partial charge in [0.1, 0.15) is 19.3 Å². The van der Waals surface area contributed by atoms with E-state index in [1.165, 1.54) is 51.4 Å². The second-order valence-electron chi connectivity index (χ2n) is 11.6. The number of carbonyl (C=O) groups excluding carboxylic acids is 1. The first-order valence-electron chi connectivity index (χ1n) is 13.1. The topological polar surface area (TPSA) is 71.0 Å². The Morgan fingerprint density at radius 2 is 1.67 bits per heavy atom. The molecule has 0 radical (unpaired) electrons. The van der Waals surface area contributed by atoms with Gasteiger partial charge in [0.15, 0.2) is 11.5 Å². The fourth-order valence-corrected chi connectivity index (χ4v) is 8.05. The van der Waals surface area contributed by atoms with E-state index in [-0.39, 0.29) is 17.4 Å². The van der Waals surface area contributed by atoms with Gasteiger partial charge in [-0.3, -0.25) is 4.79 Å². The van der Waals surface area contributed by atoms with E-state index >= 15 is 0 Å². The molecule has 6 aliphatic rings. The van der Waals surface area contributed by atoms with Crippen LogP contribution in [-0.2, 0) is 4.79 Å². The zero-order valence-corrected chi connectivity index (χ0v) is 19.6. The number of amides is 1. The lowest BCUT2D eigenvalue weighted by atomic mass is 9.49. The van der Waals surface area contributed by atoms with Crippen LogP contribution in [0.4, 0.5) is 0 Å². The smallest absolute Gasteiger partial charge is 0.220 e. The molecule has 2 heterocycles. The average Bonchev–Trinajstić information content (AvgIpc) is 3.29. The summed E-state index contributed by atoms with van der Waals surface area (Å²) in [5.74, 6) is 4.04. The molecule has 2 N–H and O–H groups in total. The van der Waals surface area contributed by atoms with Gasteiger partial charge >= 0.3 is 0 Å². The minimum absolute atomic E-state index is 0.123. The number of benzene rings is 1. The molecule has 0 aromatic heterocycles.